The van der Waals surface area contributed by atoms with Crippen LogP contribution in [0.3, 0.4) is 0 Å². The molecule has 0 aromatic heterocycles. The lowest BCUT2D eigenvalue weighted by Crippen LogP contribution is -2.37. The van der Waals surface area contributed by atoms with Gasteiger partial charge in [0.2, 0.25) is 0 Å². The summed E-state index contributed by atoms with van der Waals surface area (Å²) < 4.78 is 28.2. The van der Waals surface area contributed by atoms with Crippen molar-refractivity contribution in [3.8, 4) is 5.75 Å². The molecule has 0 heterocycles. The molecule has 0 amide bonds. The van der Waals surface area contributed by atoms with Gasteiger partial charge in [-0.25, -0.2) is 0 Å². The van der Waals surface area contributed by atoms with Crippen LogP contribution in [0.15, 0.2) is 24.3 Å². The third-order valence-electron chi connectivity index (χ3n) is 2.88. The second-order valence-corrected chi connectivity index (χ2v) is 3.96. The molecule has 0 aliphatic rings. The summed E-state index contributed by atoms with van der Waals surface area (Å²) in [7, 11) is 1.79. The zero-order valence-corrected chi connectivity index (χ0v) is 9.91. The molecular weight excluding hydrogens is 228 g/mol. The molecule has 0 radical (unpaired) electrons. The van der Waals surface area contributed by atoms with Crippen LogP contribution in [-0.4, -0.2) is 25.4 Å². The lowest BCUT2D eigenvalue weighted by Gasteiger charge is -2.29. The van der Waals surface area contributed by atoms with Crippen LogP contribution < -0.4 is 10.1 Å². The van der Waals surface area contributed by atoms with Crippen LogP contribution in [0.2, 0.25) is 0 Å². The summed E-state index contributed by atoms with van der Waals surface area (Å²) in [5, 5.41) is 12.1. The number of ether oxygens (including phenoxy) is 1. The minimum absolute atomic E-state index is 0.0482. The van der Waals surface area contributed by atoms with Crippen molar-refractivity contribution in [3.05, 3.63) is 29.8 Å². The van der Waals surface area contributed by atoms with Gasteiger partial charge in [0.05, 0.1) is 0 Å². The van der Waals surface area contributed by atoms with Crippen LogP contribution in [0, 0.1) is 0 Å². The molecule has 0 spiro atoms. The molecule has 5 heteroatoms. The maximum Gasteiger partial charge on any atom is 0.387 e. The van der Waals surface area contributed by atoms with E-state index in [9.17, 15) is 8.78 Å². The van der Waals surface area contributed by atoms with E-state index in [4.69, 9.17) is 5.11 Å². The van der Waals surface area contributed by atoms with Crippen molar-refractivity contribution in [1.82, 2.24) is 5.32 Å². The molecule has 17 heavy (non-hydrogen) atoms. The van der Waals surface area contributed by atoms with E-state index in [-0.39, 0.29) is 17.9 Å². The molecule has 1 aromatic carbocycles. The summed E-state index contributed by atoms with van der Waals surface area (Å²) >= 11 is 0. The molecule has 1 aromatic rings. The molecule has 0 saturated heterocycles. The van der Waals surface area contributed by atoms with E-state index in [0.717, 1.165) is 5.56 Å². The number of aliphatic hydroxyl groups is 1. The van der Waals surface area contributed by atoms with Gasteiger partial charge in [-0.2, -0.15) is 8.78 Å². The van der Waals surface area contributed by atoms with Crippen molar-refractivity contribution < 1.29 is 18.6 Å². The Kier molecular flexibility index (Phi) is 4.84. The van der Waals surface area contributed by atoms with Gasteiger partial charge in [-0.15, -0.1) is 0 Å². The van der Waals surface area contributed by atoms with Gasteiger partial charge in [0, 0.05) is 12.1 Å². The normalized spacial score (nSPS) is 14.7. The standard InChI is InChI=1S/C12H17F2NO2/c1-12(15-2,7-8-16)9-3-5-10(6-4-9)17-11(13)14/h3-6,11,15-16H,7-8H2,1-2H3. The Balaban J connectivity index is 2.85. The largest absolute Gasteiger partial charge is 0.435 e. The van der Waals surface area contributed by atoms with E-state index >= 15 is 0 Å². The first-order chi connectivity index (χ1) is 8.01. The van der Waals surface area contributed by atoms with Crippen molar-refractivity contribution in [2.75, 3.05) is 13.7 Å². The molecule has 0 aliphatic carbocycles. The summed E-state index contributed by atoms with van der Waals surface area (Å²) in [4.78, 5) is 0. The molecule has 2 N–H and O–H groups in total. The summed E-state index contributed by atoms with van der Waals surface area (Å²) in [6, 6.07) is 6.41. The first kappa shape index (κ1) is 13.9. The quantitative estimate of drug-likeness (QED) is 0.806. The smallest absolute Gasteiger partial charge is 0.387 e. The number of halogens is 2. The third-order valence-corrected chi connectivity index (χ3v) is 2.88. The van der Waals surface area contributed by atoms with Crippen LogP contribution >= 0.6 is 0 Å². The first-order valence-electron chi connectivity index (χ1n) is 5.37. The Morgan fingerprint density at radius 1 is 1.35 bits per heavy atom. The zero-order valence-electron chi connectivity index (χ0n) is 9.91. The van der Waals surface area contributed by atoms with Crippen LogP contribution in [0.5, 0.6) is 5.75 Å². The fraction of sp³-hybridized carbons (Fsp3) is 0.500. The average molecular weight is 245 g/mol. The highest BCUT2D eigenvalue weighted by Crippen LogP contribution is 2.26. The predicted octanol–water partition coefficient (Wildman–Crippen LogP) is 2.11. The summed E-state index contributed by atoms with van der Waals surface area (Å²) in [5.41, 5.74) is 0.536. The molecular formula is C12H17F2NO2. The molecule has 3 nitrogen and oxygen atoms in total. The van der Waals surface area contributed by atoms with Crippen molar-refractivity contribution >= 4 is 0 Å². The van der Waals surface area contributed by atoms with Gasteiger partial charge in [-0.3, -0.25) is 0 Å². The Labute approximate surface area is 99.4 Å². The minimum Gasteiger partial charge on any atom is -0.435 e. The van der Waals surface area contributed by atoms with Gasteiger partial charge in [0.25, 0.3) is 0 Å². The highest BCUT2D eigenvalue weighted by atomic mass is 19.3. The number of benzene rings is 1. The van der Waals surface area contributed by atoms with Crippen LogP contribution in [0.1, 0.15) is 18.9 Å². The first-order valence-corrected chi connectivity index (χ1v) is 5.37. The maximum atomic E-state index is 12.0. The molecule has 1 unspecified atom stereocenters. The summed E-state index contributed by atoms with van der Waals surface area (Å²) in [6.07, 6.45) is 0.540. The van der Waals surface area contributed by atoms with E-state index in [1.54, 1.807) is 19.2 Å². The minimum atomic E-state index is -2.81. The van der Waals surface area contributed by atoms with Crippen LogP contribution in [0.4, 0.5) is 8.78 Å². The summed E-state index contributed by atoms with van der Waals surface area (Å²) in [6.45, 7) is -0.826. The monoisotopic (exact) mass is 245 g/mol. The van der Waals surface area contributed by atoms with Gasteiger partial charge in [0.1, 0.15) is 5.75 Å². The predicted molar refractivity (Wildman–Crippen MR) is 61.2 cm³/mol. The highest BCUT2D eigenvalue weighted by molar-refractivity contribution is 5.31. The lowest BCUT2D eigenvalue weighted by atomic mass is 9.89. The molecule has 1 rings (SSSR count). The molecule has 0 fully saturated rings. The van der Waals surface area contributed by atoms with Gasteiger partial charge < -0.3 is 15.2 Å². The Morgan fingerprint density at radius 2 is 1.94 bits per heavy atom. The van der Waals surface area contributed by atoms with Gasteiger partial charge in [-0.1, -0.05) is 12.1 Å². The second-order valence-electron chi connectivity index (χ2n) is 3.96. The van der Waals surface area contributed by atoms with E-state index in [0.29, 0.717) is 6.42 Å². The second kappa shape index (κ2) is 5.93. The lowest BCUT2D eigenvalue weighted by molar-refractivity contribution is -0.0498. The number of alkyl halides is 2. The van der Waals surface area contributed by atoms with Crippen LogP contribution in [0.25, 0.3) is 0 Å². The van der Waals surface area contributed by atoms with Crippen molar-refractivity contribution in [3.63, 3.8) is 0 Å². The number of aliphatic hydroxyl groups excluding tert-OH is 1. The number of rotatable bonds is 6. The number of nitrogens with one attached hydrogen (secondary N) is 1. The van der Waals surface area contributed by atoms with Crippen molar-refractivity contribution in [1.29, 1.82) is 0 Å². The van der Waals surface area contributed by atoms with Crippen LogP contribution in [-0.2, 0) is 5.54 Å². The molecule has 0 bridgehead atoms. The Bertz CT molecular complexity index is 343. The topological polar surface area (TPSA) is 41.5 Å². The molecule has 0 aliphatic heterocycles. The average Bonchev–Trinajstić information content (AvgIpc) is 2.29. The van der Waals surface area contributed by atoms with E-state index in [1.165, 1.54) is 12.1 Å². The van der Waals surface area contributed by atoms with Crippen molar-refractivity contribution in [2.24, 2.45) is 0 Å². The fourth-order valence-electron chi connectivity index (χ4n) is 1.64. The fourth-order valence-corrected chi connectivity index (χ4v) is 1.64. The maximum absolute atomic E-state index is 12.0. The summed E-state index contributed by atoms with van der Waals surface area (Å²) in [5.74, 6) is 0.131. The Morgan fingerprint density at radius 3 is 2.35 bits per heavy atom. The highest BCUT2D eigenvalue weighted by Gasteiger charge is 2.23. The third kappa shape index (κ3) is 3.64. The zero-order chi connectivity index (χ0) is 12.9. The van der Waals surface area contributed by atoms with E-state index in [1.807, 2.05) is 6.92 Å². The van der Waals surface area contributed by atoms with Gasteiger partial charge in [0.15, 0.2) is 0 Å². The van der Waals surface area contributed by atoms with E-state index in [2.05, 4.69) is 10.1 Å². The molecule has 1 atom stereocenters. The molecule has 0 saturated carbocycles. The van der Waals surface area contributed by atoms with E-state index < -0.39 is 6.61 Å². The Hall–Kier alpha value is -1.20. The van der Waals surface area contributed by atoms with Gasteiger partial charge in [-0.05, 0) is 38.1 Å². The molecule has 96 valence electrons. The number of hydrogen-bond acceptors (Lipinski definition) is 3. The van der Waals surface area contributed by atoms with Crippen molar-refractivity contribution in [2.45, 2.75) is 25.5 Å². The van der Waals surface area contributed by atoms with Gasteiger partial charge >= 0.3 is 6.61 Å². The number of hydrogen-bond donors (Lipinski definition) is 2. The SMILES string of the molecule is CNC(C)(CCO)c1ccc(OC(F)F)cc1.